The third kappa shape index (κ3) is 4.46. The quantitative estimate of drug-likeness (QED) is 0.648. The van der Waals surface area contributed by atoms with Crippen LogP contribution in [0.1, 0.15) is 13.8 Å². The van der Waals surface area contributed by atoms with Crippen molar-refractivity contribution in [2.75, 3.05) is 39.2 Å². The highest BCUT2D eigenvalue weighted by Gasteiger charge is 2.30. The van der Waals surface area contributed by atoms with Gasteiger partial charge in [0.1, 0.15) is 0 Å². The van der Waals surface area contributed by atoms with Crippen molar-refractivity contribution in [1.82, 2.24) is 4.90 Å². The summed E-state index contributed by atoms with van der Waals surface area (Å²) < 4.78 is 31.6. The molecule has 0 atom stereocenters. The number of ether oxygens (including phenoxy) is 1. The molecule has 0 aromatic carbocycles. The van der Waals surface area contributed by atoms with Crippen LogP contribution < -0.4 is 0 Å². The molecule has 1 heterocycles. The summed E-state index contributed by atoms with van der Waals surface area (Å²) in [4.78, 5) is 2.18. The van der Waals surface area contributed by atoms with E-state index in [1.807, 2.05) is 0 Å². The van der Waals surface area contributed by atoms with Gasteiger partial charge in [-0.15, -0.1) is 0 Å². The Hall–Kier alpha value is -0.170. The molecule has 0 N–H and O–H groups in total. The van der Waals surface area contributed by atoms with Crippen LogP contribution in [0.15, 0.2) is 0 Å². The molecule has 5 nitrogen and oxygen atoms in total. The zero-order valence-corrected chi connectivity index (χ0v) is 10.3. The van der Waals surface area contributed by atoms with E-state index in [1.165, 1.54) is 0 Å². The van der Waals surface area contributed by atoms with Crippen LogP contribution in [-0.2, 0) is 19.0 Å². The minimum absolute atomic E-state index is 0.0425. The second kappa shape index (κ2) is 4.78. The Kier molecular flexibility index (Phi) is 4.11. The fourth-order valence-electron chi connectivity index (χ4n) is 1.60. The second-order valence-electron chi connectivity index (χ2n) is 4.38. The van der Waals surface area contributed by atoms with Gasteiger partial charge >= 0.3 is 0 Å². The average molecular weight is 237 g/mol. The van der Waals surface area contributed by atoms with E-state index in [-0.39, 0.29) is 12.1 Å². The van der Waals surface area contributed by atoms with Crippen LogP contribution in [0.25, 0.3) is 0 Å². The van der Waals surface area contributed by atoms with E-state index < -0.39 is 10.1 Å². The van der Waals surface area contributed by atoms with Crippen LogP contribution in [0.3, 0.4) is 0 Å². The van der Waals surface area contributed by atoms with E-state index in [0.717, 1.165) is 12.8 Å². The Morgan fingerprint density at radius 3 is 2.67 bits per heavy atom. The van der Waals surface area contributed by atoms with Crippen molar-refractivity contribution in [3.8, 4) is 0 Å². The maximum Gasteiger partial charge on any atom is 0.264 e. The molecule has 0 bridgehead atoms. The summed E-state index contributed by atoms with van der Waals surface area (Å²) in [6.07, 6.45) is 1.07. The van der Waals surface area contributed by atoms with Gasteiger partial charge in [0.25, 0.3) is 10.1 Å². The molecule has 90 valence electrons. The van der Waals surface area contributed by atoms with Gasteiger partial charge in [0.2, 0.25) is 0 Å². The fraction of sp³-hybridized carbons (Fsp3) is 1.00. The van der Waals surface area contributed by atoms with Crippen LogP contribution in [0, 0.1) is 0 Å². The predicted molar refractivity (Wildman–Crippen MR) is 57.3 cm³/mol. The van der Waals surface area contributed by atoms with E-state index in [1.54, 1.807) is 0 Å². The minimum Gasteiger partial charge on any atom is -0.378 e. The van der Waals surface area contributed by atoms with Gasteiger partial charge < -0.3 is 4.74 Å². The largest absolute Gasteiger partial charge is 0.378 e. The lowest BCUT2D eigenvalue weighted by Crippen LogP contribution is -2.53. The van der Waals surface area contributed by atoms with Gasteiger partial charge in [-0.1, -0.05) is 0 Å². The molecule has 0 aliphatic carbocycles. The predicted octanol–water partition coefficient (Wildman–Crippen LogP) is 0.0734. The zero-order valence-electron chi connectivity index (χ0n) is 9.52. The van der Waals surface area contributed by atoms with Crippen molar-refractivity contribution in [2.24, 2.45) is 0 Å². The summed E-state index contributed by atoms with van der Waals surface area (Å²) >= 11 is 0. The van der Waals surface area contributed by atoms with Crippen molar-refractivity contribution in [3.05, 3.63) is 0 Å². The molecule has 0 amide bonds. The van der Waals surface area contributed by atoms with Crippen molar-refractivity contribution < 1.29 is 17.3 Å². The van der Waals surface area contributed by atoms with Gasteiger partial charge in [-0.05, 0) is 13.8 Å². The normalized spacial score (nSPS) is 22.9. The monoisotopic (exact) mass is 237 g/mol. The van der Waals surface area contributed by atoms with E-state index >= 15 is 0 Å². The lowest BCUT2D eigenvalue weighted by atomic mass is 10.0. The second-order valence-corrected chi connectivity index (χ2v) is 6.02. The third-order valence-corrected chi connectivity index (χ3v) is 3.07. The van der Waals surface area contributed by atoms with Gasteiger partial charge in [-0.25, -0.2) is 0 Å². The van der Waals surface area contributed by atoms with Crippen LogP contribution >= 0.6 is 0 Å². The van der Waals surface area contributed by atoms with Gasteiger partial charge in [0.15, 0.2) is 0 Å². The molecule has 0 unspecified atom stereocenters. The van der Waals surface area contributed by atoms with Crippen LogP contribution in [0.4, 0.5) is 0 Å². The van der Waals surface area contributed by atoms with Crippen molar-refractivity contribution in [3.63, 3.8) is 0 Å². The third-order valence-electron chi connectivity index (χ3n) is 2.48. The van der Waals surface area contributed by atoms with Crippen LogP contribution in [0.2, 0.25) is 0 Å². The number of nitrogens with zero attached hydrogens (tertiary/aromatic N) is 1. The topological polar surface area (TPSA) is 55.8 Å². The van der Waals surface area contributed by atoms with Crippen molar-refractivity contribution in [2.45, 2.75) is 19.4 Å². The number of hydrogen-bond acceptors (Lipinski definition) is 5. The first-order valence-corrected chi connectivity index (χ1v) is 6.80. The number of morpholine rings is 1. The van der Waals surface area contributed by atoms with E-state index in [2.05, 4.69) is 18.7 Å². The summed E-state index contributed by atoms with van der Waals surface area (Å²) in [6, 6.07) is 0. The van der Waals surface area contributed by atoms with Crippen LogP contribution in [-0.4, -0.2) is 58.0 Å². The number of rotatable bonds is 4. The molecule has 15 heavy (non-hydrogen) atoms. The van der Waals surface area contributed by atoms with Gasteiger partial charge in [0.05, 0.1) is 26.1 Å². The Labute approximate surface area is 91.5 Å². The standard InChI is InChI=1S/C9H19NO4S/c1-9(2)8-13-6-4-10(9)5-7-14-15(3,11)12/h4-8H2,1-3H3. The Morgan fingerprint density at radius 2 is 2.13 bits per heavy atom. The maximum atomic E-state index is 10.8. The highest BCUT2D eigenvalue weighted by molar-refractivity contribution is 7.85. The van der Waals surface area contributed by atoms with Gasteiger partial charge in [-0.3, -0.25) is 9.08 Å². The van der Waals surface area contributed by atoms with E-state index in [0.29, 0.717) is 19.8 Å². The highest BCUT2D eigenvalue weighted by atomic mass is 32.2. The molecule has 1 saturated heterocycles. The SMILES string of the molecule is CC1(C)COCCN1CCOS(C)(=O)=O. The first-order chi connectivity index (χ1) is 6.81. The molecule has 0 aromatic rings. The lowest BCUT2D eigenvalue weighted by molar-refractivity contribution is -0.0544. The minimum atomic E-state index is -3.32. The maximum absolute atomic E-state index is 10.8. The summed E-state index contributed by atoms with van der Waals surface area (Å²) in [5.74, 6) is 0. The zero-order chi connectivity index (χ0) is 11.5. The summed E-state index contributed by atoms with van der Waals surface area (Å²) in [6.45, 7) is 7.17. The summed E-state index contributed by atoms with van der Waals surface area (Å²) in [7, 11) is -3.32. The first-order valence-electron chi connectivity index (χ1n) is 4.98. The lowest BCUT2D eigenvalue weighted by Gasteiger charge is -2.41. The van der Waals surface area contributed by atoms with Gasteiger partial charge in [-0.2, -0.15) is 8.42 Å². The molecule has 6 heteroatoms. The summed E-state index contributed by atoms with van der Waals surface area (Å²) in [5.41, 5.74) is -0.0425. The molecule has 1 fully saturated rings. The highest BCUT2D eigenvalue weighted by Crippen LogP contribution is 2.18. The van der Waals surface area contributed by atoms with Crippen molar-refractivity contribution in [1.29, 1.82) is 0 Å². The Balaban J connectivity index is 2.37. The molecule has 0 spiro atoms. The molecule has 0 radical (unpaired) electrons. The molecule has 1 aliphatic rings. The van der Waals surface area contributed by atoms with Crippen LogP contribution in [0.5, 0.6) is 0 Å². The molecule has 1 aliphatic heterocycles. The first kappa shape index (κ1) is 12.9. The average Bonchev–Trinajstić information content (AvgIpc) is 2.05. The summed E-state index contributed by atoms with van der Waals surface area (Å²) in [5, 5.41) is 0. The molecular weight excluding hydrogens is 218 g/mol. The molecule has 0 saturated carbocycles. The van der Waals surface area contributed by atoms with Crippen molar-refractivity contribution >= 4 is 10.1 Å². The number of hydrogen-bond donors (Lipinski definition) is 0. The Morgan fingerprint density at radius 1 is 1.47 bits per heavy atom. The Bertz CT molecular complexity index is 299. The molecule has 1 rings (SSSR count). The smallest absolute Gasteiger partial charge is 0.264 e. The fourth-order valence-corrected chi connectivity index (χ4v) is 1.98. The van der Waals surface area contributed by atoms with E-state index in [9.17, 15) is 8.42 Å². The molecular formula is C9H19NO4S. The van der Waals surface area contributed by atoms with E-state index in [4.69, 9.17) is 8.92 Å². The van der Waals surface area contributed by atoms with Gasteiger partial charge in [0, 0.05) is 18.6 Å². The molecule has 0 aromatic heterocycles.